The van der Waals surface area contributed by atoms with Crippen LogP contribution in [0.1, 0.15) is 24.0 Å². The number of carbonyl (C=O) groups excluding carboxylic acids is 1. The lowest BCUT2D eigenvalue weighted by atomic mass is 10.1. The van der Waals surface area contributed by atoms with E-state index in [9.17, 15) is 4.79 Å². The normalized spacial score (nSPS) is 16.5. The highest BCUT2D eigenvalue weighted by molar-refractivity contribution is 5.78. The molecule has 2 aromatic carbocycles. The van der Waals surface area contributed by atoms with Gasteiger partial charge in [0.05, 0.1) is 6.54 Å². The number of hydrogen-bond donors (Lipinski definition) is 2. The Morgan fingerprint density at radius 1 is 1.04 bits per heavy atom. The van der Waals surface area contributed by atoms with E-state index in [1.807, 2.05) is 29.2 Å². The van der Waals surface area contributed by atoms with E-state index in [0.29, 0.717) is 12.6 Å². The quantitative estimate of drug-likeness (QED) is 0.730. The summed E-state index contributed by atoms with van der Waals surface area (Å²) in [6.07, 6.45) is 3.27. The van der Waals surface area contributed by atoms with Crippen molar-refractivity contribution in [2.24, 2.45) is 0 Å². The lowest BCUT2D eigenvalue weighted by Crippen LogP contribution is -2.45. The minimum Gasteiger partial charge on any atom is -0.340 e. The topological polar surface area (TPSA) is 44.4 Å². The molecule has 3 rings (SSSR count). The number of nitrogens with one attached hydrogen (secondary N) is 2. The Bertz CT molecular complexity index is 654. The maximum Gasteiger partial charge on any atom is 0.236 e. The Balaban J connectivity index is 1.51. The van der Waals surface area contributed by atoms with Gasteiger partial charge in [0.2, 0.25) is 5.91 Å². The molecule has 1 heterocycles. The first-order valence-corrected chi connectivity index (χ1v) is 9.61. The summed E-state index contributed by atoms with van der Waals surface area (Å²) in [6.45, 7) is 3.75. The molecule has 0 radical (unpaired) electrons. The van der Waals surface area contributed by atoms with Crippen LogP contribution in [0.2, 0.25) is 0 Å². The van der Waals surface area contributed by atoms with Crippen LogP contribution in [0.25, 0.3) is 0 Å². The molecule has 0 unspecified atom stereocenters. The number of amides is 1. The molecule has 2 aromatic rings. The molecule has 1 aliphatic rings. The zero-order valence-electron chi connectivity index (χ0n) is 15.4. The Kier molecular flexibility index (Phi) is 7.23. The summed E-state index contributed by atoms with van der Waals surface area (Å²) in [5.41, 5.74) is 2.48. The number of hydrogen-bond acceptors (Lipinski definition) is 3. The van der Waals surface area contributed by atoms with Crippen LogP contribution < -0.4 is 10.6 Å². The average Bonchev–Trinajstić information content (AvgIpc) is 3.20. The van der Waals surface area contributed by atoms with Crippen molar-refractivity contribution in [3.05, 3.63) is 71.8 Å². The SMILES string of the molecule is O=C(CNCc1ccccc1)N(CCc1ccccc1)C[C@@H]1CCCN1. The number of rotatable bonds is 9. The summed E-state index contributed by atoms with van der Waals surface area (Å²) in [6, 6.07) is 21.0. The third-order valence-corrected chi connectivity index (χ3v) is 4.92. The summed E-state index contributed by atoms with van der Waals surface area (Å²) < 4.78 is 0. The van der Waals surface area contributed by atoms with Crippen molar-refractivity contribution in [3.8, 4) is 0 Å². The molecule has 1 atom stereocenters. The van der Waals surface area contributed by atoms with Crippen molar-refractivity contribution < 1.29 is 4.79 Å². The molecule has 1 fully saturated rings. The molecule has 0 aromatic heterocycles. The fraction of sp³-hybridized carbons (Fsp3) is 0.409. The van der Waals surface area contributed by atoms with Gasteiger partial charge in [0, 0.05) is 25.7 Å². The van der Waals surface area contributed by atoms with Crippen molar-refractivity contribution >= 4 is 5.91 Å². The maximum atomic E-state index is 12.8. The van der Waals surface area contributed by atoms with E-state index in [1.165, 1.54) is 17.5 Å². The first kappa shape index (κ1) is 18.6. The van der Waals surface area contributed by atoms with Gasteiger partial charge in [0.1, 0.15) is 0 Å². The highest BCUT2D eigenvalue weighted by Crippen LogP contribution is 2.09. The zero-order valence-corrected chi connectivity index (χ0v) is 15.4. The molecule has 138 valence electrons. The number of benzene rings is 2. The van der Waals surface area contributed by atoms with Crippen molar-refractivity contribution in [2.75, 3.05) is 26.2 Å². The van der Waals surface area contributed by atoms with E-state index in [0.717, 1.165) is 39.0 Å². The van der Waals surface area contributed by atoms with Crippen LogP contribution in [0.15, 0.2) is 60.7 Å². The molecule has 4 heteroatoms. The predicted octanol–water partition coefficient (Wildman–Crippen LogP) is 2.60. The number of carbonyl (C=O) groups is 1. The highest BCUT2D eigenvalue weighted by atomic mass is 16.2. The van der Waals surface area contributed by atoms with Gasteiger partial charge in [-0.2, -0.15) is 0 Å². The van der Waals surface area contributed by atoms with Gasteiger partial charge in [0.25, 0.3) is 0 Å². The second kappa shape index (κ2) is 10.1. The van der Waals surface area contributed by atoms with Crippen LogP contribution in [0.3, 0.4) is 0 Å². The molecule has 1 saturated heterocycles. The smallest absolute Gasteiger partial charge is 0.236 e. The van der Waals surface area contributed by atoms with E-state index in [1.54, 1.807) is 0 Å². The Hall–Kier alpha value is -2.17. The molecule has 1 amide bonds. The van der Waals surface area contributed by atoms with Gasteiger partial charge >= 0.3 is 0 Å². The van der Waals surface area contributed by atoms with E-state index < -0.39 is 0 Å². The van der Waals surface area contributed by atoms with Crippen LogP contribution in [0.4, 0.5) is 0 Å². The molecule has 1 aliphatic heterocycles. The van der Waals surface area contributed by atoms with E-state index >= 15 is 0 Å². The van der Waals surface area contributed by atoms with Crippen molar-refractivity contribution in [1.29, 1.82) is 0 Å². The van der Waals surface area contributed by atoms with Gasteiger partial charge in [-0.3, -0.25) is 4.79 Å². The molecule has 0 bridgehead atoms. The summed E-state index contributed by atoms with van der Waals surface area (Å²) >= 11 is 0. The molecule has 0 saturated carbocycles. The van der Waals surface area contributed by atoms with Crippen LogP contribution in [-0.4, -0.2) is 43.0 Å². The van der Waals surface area contributed by atoms with Crippen molar-refractivity contribution in [2.45, 2.75) is 31.8 Å². The Morgan fingerprint density at radius 3 is 2.38 bits per heavy atom. The van der Waals surface area contributed by atoms with Crippen molar-refractivity contribution in [1.82, 2.24) is 15.5 Å². The van der Waals surface area contributed by atoms with Crippen LogP contribution in [0.5, 0.6) is 0 Å². The van der Waals surface area contributed by atoms with E-state index in [4.69, 9.17) is 0 Å². The first-order chi connectivity index (χ1) is 12.8. The molecule has 0 aliphatic carbocycles. The van der Waals surface area contributed by atoms with Crippen LogP contribution >= 0.6 is 0 Å². The minimum atomic E-state index is 0.186. The van der Waals surface area contributed by atoms with Gasteiger partial charge in [-0.05, 0) is 36.9 Å². The lowest BCUT2D eigenvalue weighted by molar-refractivity contribution is -0.130. The van der Waals surface area contributed by atoms with Gasteiger partial charge in [0.15, 0.2) is 0 Å². The number of nitrogens with zero attached hydrogens (tertiary/aromatic N) is 1. The van der Waals surface area contributed by atoms with Crippen LogP contribution in [0, 0.1) is 0 Å². The highest BCUT2D eigenvalue weighted by Gasteiger charge is 2.21. The van der Waals surface area contributed by atoms with Gasteiger partial charge in [-0.15, -0.1) is 0 Å². The Morgan fingerprint density at radius 2 is 1.73 bits per heavy atom. The molecule has 0 spiro atoms. The monoisotopic (exact) mass is 351 g/mol. The molecular formula is C22H29N3O. The average molecular weight is 351 g/mol. The summed E-state index contributed by atoms with van der Waals surface area (Å²) in [4.78, 5) is 14.8. The predicted molar refractivity (Wildman–Crippen MR) is 106 cm³/mol. The largest absolute Gasteiger partial charge is 0.340 e. The fourth-order valence-electron chi connectivity index (χ4n) is 3.43. The third-order valence-electron chi connectivity index (χ3n) is 4.92. The maximum absolute atomic E-state index is 12.8. The molecule has 4 nitrogen and oxygen atoms in total. The molecule has 26 heavy (non-hydrogen) atoms. The van der Waals surface area contributed by atoms with E-state index in [2.05, 4.69) is 47.0 Å². The minimum absolute atomic E-state index is 0.186. The fourth-order valence-corrected chi connectivity index (χ4v) is 3.43. The molecular weight excluding hydrogens is 322 g/mol. The third kappa shape index (κ3) is 5.97. The molecule has 2 N–H and O–H groups in total. The summed E-state index contributed by atoms with van der Waals surface area (Å²) in [7, 11) is 0. The van der Waals surface area contributed by atoms with Crippen molar-refractivity contribution in [3.63, 3.8) is 0 Å². The summed E-state index contributed by atoms with van der Waals surface area (Å²) in [5, 5.41) is 6.80. The second-order valence-electron chi connectivity index (χ2n) is 6.96. The standard InChI is InChI=1S/C22H29N3O/c26-22(17-23-16-20-10-5-2-6-11-20)25(18-21-12-7-14-24-21)15-13-19-8-3-1-4-9-19/h1-6,8-11,21,23-24H,7,12-18H2/t21-/m0/s1. The van der Waals surface area contributed by atoms with Crippen LogP contribution in [-0.2, 0) is 17.8 Å². The lowest BCUT2D eigenvalue weighted by Gasteiger charge is -2.26. The van der Waals surface area contributed by atoms with Gasteiger partial charge in [-0.1, -0.05) is 60.7 Å². The van der Waals surface area contributed by atoms with Gasteiger partial charge < -0.3 is 15.5 Å². The second-order valence-corrected chi connectivity index (χ2v) is 6.96. The first-order valence-electron chi connectivity index (χ1n) is 9.61. The summed E-state index contributed by atoms with van der Waals surface area (Å²) in [5.74, 6) is 0.186. The van der Waals surface area contributed by atoms with Gasteiger partial charge in [-0.25, -0.2) is 0 Å². The zero-order chi connectivity index (χ0) is 18.0. The van der Waals surface area contributed by atoms with E-state index in [-0.39, 0.29) is 5.91 Å². The Labute approximate surface area is 156 Å².